The largest absolute Gasteiger partial charge is 0.379 e. The molecule has 0 bridgehead atoms. The Morgan fingerprint density at radius 3 is 2.62 bits per heavy atom. The molecule has 0 saturated carbocycles. The van der Waals surface area contributed by atoms with Crippen molar-refractivity contribution < 1.29 is 9.53 Å². The average Bonchev–Trinajstić information content (AvgIpc) is 3.38. The molecule has 1 fully saturated rings. The van der Waals surface area contributed by atoms with Crippen LogP contribution in [0.15, 0.2) is 85.1 Å². The van der Waals surface area contributed by atoms with Gasteiger partial charge in [-0.05, 0) is 35.9 Å². The number of morpholine rings is 1. The number of ether oxygens (including phenoxy) is 1. The van der Waals surface area contributed by atoms with Crippen LogP contribution >= 0.6 is 11.3 Å². The molecule has 0 unspecified atom stereocenters. The molecule has 1 aliphatic heterocycles. The van der Waals surface area contributed by atoms with Crippen molar-refractivity contribution in [2.75, 3.05) is 31.6 Å². The van der Waals surface area contributed by atoms with Gasteiger partial charge < -0.3 is 10.1 Å². The van der Waals surface area contributed by atoms with E-state index in [1.165, 1.54) is 11.3 Å². The molecule has 6 rings (SSSR count). The van der Waals surface area contributed by atoms with Gasteiger partial charge in [0, 0.05) is 37.0 Å². The second kappa shape index (κ2) is 10.6. The summed E-state index contributed by atoms with van der Waals surface area (Å²) in [6.45, 7) is 4.23. The summed E-state index contributed by atoms with van der Waals surface area (Å²) in [6, 6.07) is 25.1. The summed E-state index contributed by atoms with van der Waals surface area (Å²) in [6.07, 6.45) is 1.93. The summed E-state index contributed by atoms with van der Waals surface area (Å²) < 4.78 is 5.45. The molecule has 184 valence electrons. The first-order chi connectivity index (χ1) is 18.2. The Balaban J connectivity index is 1.24. The van der Waals surface area contributed by atoms with Gasteiger partial charge in [0.25, 0.3) is 5.91 Å². The second-order valence-corrected chi connectivity index (χ2v) is 9.83. The first-order valence-electron chi connectivity index (χ1n) is 12.2. The number of pyridine rings is 2. The van der Waals surface area contributed by atoms with Crippen molar-refractivity contribution in [1.82, 2.24) is 19.9 Å². The number of anilines is 1. The van der Waals surface area contributed by atoms with Crippen molar-refractivity contribution in [3.63, 3.8) is 0 Å². The summed E-state index contributed by atoms with van der Waals surface area (Å²) in [5.74, 6) is -0.266. The first-order valence-corrected chi connectivity index (χ1v) is 13.0. The fourth-order valence-corrected chi connectivity index (χ4v) is 5.31. The minimum atomic E-state index is -0.266. The quantitative estimate of drug-likeness (QED) is 0.327. The van der Waals surface area contributed by atoms with E-state index in [-0.39, 0.29) is 5.91 Å². The third-order valence-corrected chi connectivity index (χ3v) is 7.28. The number of thiazole rings is 1. The Bertz CT molecular complexity index is 1550. The molecular weight excluding hydrogens is 482 g/mol. The van der Waals surface area contributed by atoms with Crippen LogP contribution in [-0.2, 0) is 11.3 Å². The summed E-state index contributed by atoms with van der Waals surface area (Å²) in [5.41, 5.74) is 5.62. The summed E-state index contributed by atoms with van der Waals surface area (Å²) in [4.78, 5) is 30.5. The van der Waals surface area contributed by atoms with Gasteiger partial charge in [0.15, 0.2) is 0 Å². The van der Waals surface area contributed by atoms with Crippen molar-refractivity contribution in [2.24, 2.45) is 0 Å². The fourth-order valence-electron chi connectivity index (χ4n) is 4.38. The minimum Gasteiger partial charge on any atom is -0.379 e. The molecule has 37 heavy (non-hydrogen) atoms. The molecule has 0 atom stereocenters. The Labute approximate surface area is 218 Å². The standard InChI is InChI=1S/C29H25N5O2S/c35-27(25-12-6-11-23(31-25)21-7-2-1-3-8-21)32-24-10-5-4-9-22(24)28-33-26-17-20(18-30-29(26)37-28)19-34-13-15-36-16-14-34/h1-12,17-18H,13-16,19H2,(H,32,35). The number of rotatable bonds is 6. The molecular formula is C29H25N5O2S. The second-order valence-electron chi connectivity index (χ2n) is 8.85. The molecule has 3 aromatic heterocycles. The maximum atomic E-state index is 13.2. The third-order valence-electron chi connectivity index (χ3n) is 6.27. The molecule has 5 aromatic rings. The highest BCUT2D eigenvalue weighted by molar-refractivity contribution is 7.21. The van der Waals surface area contributed by atoms with Gasteiger partial charge in [-0.1, -0.05) is 59.9 Å². The number of carbonyl (C=O) groups excluding carboxylic acids is 1. The number of fused-ring (bicyclic) bond motifs is 1. The summed E-state index contributed by atoms with van der Waals surface area (Å²) >= 11 is 1.52. The maximum absolute atomic E-state index is 13.2. The van der Waals surface area contributed by atoms with Crippen molar-refractivity contribution in [3.8, 4) is 21.8 Å². The molecule has 7 nitrogen and oxygen atoms in total. The Morgan fingerprint density at radius 2 is 1.76 bits per heavy atom. The molecule has 1 amide bonds. The highest BCUT2D eigenvalue weighted by atomic mass is 32.1. The van der Waals surface area contributed by atoms with Crippen LogP contribution in [0.4, 0.5) is 5.69 Å². The van der Waals surface area contributed by atoms with Crippen LogP contribution in [0.3, 0.4) is 0 Å². The van der Waals surface area contributed by atoms with Gasteiger partial charge >= 0.3 is 0 Å². The number of hydrogen-bond acceptors (Lipinski definition) is 7. The van der Waals surface area contributed by atoms with Crippen molar-refractivity contribution >= 4 is 33.3 Å². The Morgan fingerprint density at radius 1 is 0.946 bits per heavy atom. The lowest BCUT2D eigenvalue weighted by atomic mass is 10.1. The SMILES string of the molecule is O=C(Nc1ccccc1-c1nc2cc(CN3CCOCC3)cnc2s1)c1cccc(-c2ccccc2)n1. The van der Waals surface area contributed by atoms with Crippen molar-refractivity contribution in [2.45, 2.75) is 6.54 Å². The normalized spacial score (nSPS) is 14.1. The van der Waals surface area contributed by atoms with Crippen LogP contribution in [0.25, 0.3) is 32.2 Å². The zero-order valence-electron chi connectivity index (χ0n) is 20.1. The predicted octanol–water partition coefficient (Wildman–Crippen LogP) is 5.50. The monoisotopic (exact) mass is 507 g/mol. The number of carbonyl (C=O) groups is 1. The van der Waals surface area contributed by atoms with E-state index in [0.717, 1.165) is 70.6 Å². The van der Waals surface area contributed by atoms with E-state index in [4.69, 9.17) is 9.72 Å². The van der Waals surface area contributed by atoms with Crippen LogP contribution in [-0.4, -0.2) is 52.1 Å². The third kappa shape index (κ3) is 5.27. The van der Waals surface area contributed by atoms with Gasteiger partial charge in [-0.15, -0.1) is 0 Å². The van der Waals surface area contributed by atoms with Gasteiger partial charge in [0.2, 0.25) is 0 Å². The highest BCUT2D eigenvalue weighted by Crippen LogP contribution is 2.34. The Hall–Kier alpha value is -3.98. The van der Waals surface area contributed by atoms with Gasteiger partial charge in [0.1, 0.15) is 21.0 Å². The van der Waals surface area contributed by atoms with E-state index in [1.54, 1.807) is 6.07 Å². The number of hydrogen-bond donors (Lipinski definition) is 1. The minimum absolute atomic E-state index is 0.266. The lowest BCUT2D eigenvalue weighted by Gasteiger charge is -2.26. The molecule has 0 aliphatic carbocycles. The van der Waals surface area contributed by atoms with Crippen molar-refractivity contribution in [1.29, 1.82) is 0 Å². The van der Waals surface area contributed by atoms with E-state index in [9.17, 15) is 4.79 Å². The number of aromatic nitrogens is 3. The fraction of sp³-hybridized carbons (Fsp3) is 0.172. The van der Waals surface area contributed by atoms with Gasteiger partial charge in [-0.25, -0.2) is 15.0 Å². The number of amides is 1. The molecule has 0 spiro atoms. The molecule has 8 heteroatoms. The predicted molar refractivity (Wildman–Crippen MR) is 147 cm³/mol. The van der Waals surface area contributed by atoms with Crippen LogP contribution in [0.2, 0.25) is 0 Å². The smallest absolute Gasteiger partial charge is 0.274 e. The molecule has 2 aromatic carbocycles. The van der Waals surface area contributed by atoms with Gasteiger partial charge in [-0.3, -0.25) is 9.69 Å². The molecule has 0 radical (unpaired) electrons. The number of nitrogens with one attached hydrogen (secondary N) is 1. The highest BCUT2D eigenvalue weighted by Gasteiger charge is 2.16. The molecule has 1 aliphatic rings. The molecule has 4 heterocycles. The number of benzene rings is 2. The zero-order chi connectivity index (χ0) is 25.0. The van der Waals surface area contributed by atoms with E-state index < -0.39 is 0 Å². The Kier molecular flexibility index (Phi) is 6.68. The van der Waals surface area contributed by atoms with Gasteiger partial charge in [0.05, 0.1) is 24.6 Å². The van der Waals surface area contributed by atoms with E-state index in [1.807, 2.05) is 72.9 Å². The average molecular weight is 508 g/mol. The lowest BCUT2D eigenvalue weighted by molar-refractivity contribution is 0.0341. The van der Waals surface area contributed by atoms with Crippen LogP contribution in [0.1, 0.15) is 16.1 Å². The van der Waals surface area contributed by atoms with Crippen LogP contribution < -0.4 is 5.32 Å². The van der Waals surface area contributed by atoms with Crippen LogP contribution in [0.5, 0.6) is 0 Å². The van der Waals surface area contributed by atoms with Crippen molar-refractivity contribution in [3.05, 3.63) is 96.3 Å². The van der Waals surface area contributed by atoms with E-state index in [2.05, 4.69) is 26.3 Å². The zero-order valence-corrected chi connectivity index (χ0v) is 20.9. The number of nitrogens with zero attached hydrogens (tertiary/aromatic N) is 4. The van der Waals surface area contributed by atoms with Gasteiger partial charge in [-0.2, -0.15) is 0 Å². The molecule has 1 saturated heterocycles. The van der Waals surface area contributed by atoms with E-state index in [0.29, 0.717) is 11.4 Å². The van der Waals surface area contributed by atoms with E-state index >= 15 is 0 Å². The van der Waals surface area contributed by atoms with Crippen LogP contribution in [0, 0.1) is 0 Å². The maximum Gasteiger partial charge on any atom is 0.274 e. The number of para-hydroxylation sites is 1. The first kappa shape index (κ1) is 23.4. The summed E-state index contributed by atoms with van der Waals surface area (Å²) in [7, 11) is 0. The lowest BCUT2D eigenvalue weighted by Crippen LogP contribution is -2.35. The summed E-state index contributed by atoms with van der Waals surface area (Å²) in [5, 5.41) is 3.85. The topological polar surface area (TPSA) is 80.2 Å². The molecule has 1 N–H and O–H groups in total.